The van der Waals surface area contributed by atoms with Crippen LogP contribution in [0.3, 0.4) is 0 Å². The monoisotopic (exact) mass is 512 g/mol. The molecule has 5 nitrogen and oxygen atoms in total. The third-order valence-electron chi connectivity index (χ3n) is 7.48. The van der Waals surface area contributed by atoms with Crippen molar-refractivity contribution in [2.45, 2.75) is 77.4 Å². The van der Waals surface area contributed by atoms with Crippen LogP contribution in [-0.2, 0) is 22.6 Å². The lowest BCUT2D eigenvalue weighted by Crippen LogP contribution is -2.53. The van der Waals surface area contributed by atoms with Crippen LogP contribution in [0.2, 0.25) is 0 Å². The molecule has 0 aliphatic heterocycles. The maximum absolute atomic E-state index is 13.8. The summed E-state index contributed by atoms with van der Waals surface area (Å²) >= 11 is 0. The SMILES string of the molecule is Cc1ccccc1CN(C(=O)COc1ccc(C(C)C)cc1)[C@H](Cc1ccccc1)C(=O)NC1CCCC1. The zero-order chi connectivity index (χ0) is 26.9. The van der Waals surface area contributed by atoms with Crippen LogP contribution < -0.4 is 10.1 Å². The van der Waals surface area contributed by atoms with Crippen LogP contribution in [0.25, 0.3) is 0 Å². The van der Waals surface area contributed by atoms with Gasteiger partial charge in [-0.15, -0.1) is 0 Å². The largest absolute Gasteiger partial charge is 0.484 e. The smallest absolute Gasteiger partial charge is 0.261 e. The third kappa shape index (κ3) is 7.47. The Labute approximate surface area is 227 Å². The molecule has 0 unspecified atom stereocenters. The highest BCUT2D eigenvalue weighted by Gasteiger charge is 2.32. The van der Waals surface area contributed by atoms with Gasteiger partial charge in [0.05, 0.1) is 0 Å². The normalized spacial score (nSPS) is 14.3. The van der Waals surface area contributed by atoms with Gasteiger partial charge in [-0.05, 0) is 60.1 Å². The van der Waals surface area contributed by atoms with Gasteiger partial charge >= 0.3 is 0 Å². The van der Waals surface area contributed by atoms with Gasteiger partial charge in [0.25, 0.3) is 5.91 Å². The average molecular weight is 513 g/mol. The molecule has 0 radical (unpaired) electrons. The molecule has 4 rings (SSSR count). The molecular formula is C33H40N2O3. The first-order chi connectivity index (χ1) is 18.4. The molecule has 1 saturated carbocycles. The highest BCUT2D eigenvalue weighted by Crippen LogP contribution is 2.22. The van der Waals surface area contributed by atoms with Crippen molar-refractivity contribution in [3.63, 3.8) is 0 Å². The number of nitrogens with zero attached hydrogens (tertiary/aromatic N) is 1. The molecule has 0 heterocycles. The third-order valence-corrected chi connectivity index (χ3v) is 7.48. The topological polar surface area (TPSA) is 58.6 Å². The Bertz CT molecular complexity index is 1180. The van der Waals surface area contributed by atoms with Gasteiger partial charge in [-0.2, -0.15) is 0 Å². The molecule has 200 valence electrons. The van der Waals surface area contributed by atoms with E-state index in [2.05, 4.69) is 19.2 Å². The Hall–Kier alpha value is -3.60. The molecule has 0 saturated heterocycles. The predicted molar refractivity (Wildman–Crippen MR) is 152 cm³/mol. The van der Waals surface area contributed by atoms with Gasteiger partial charge in [-0.3, -0.25) is 9.59 Å². The predicted octanol–water partition coefficient (Wildman–Crippen LogP) is 6.20. The van der Waals surface area contributed by atoms with Crippen molar-refractivity contribution in [1.29, 1.82) is 0 Å². The number of carbonyl (C=O) groups is 2. The van der Waals surface area contributed by atoms with Gasteiger partial charge in [0.15, 0.2) is 6.61 Å². The molecule has 1 atom stereocenters. The number of hydrogen-bond acceptors (Lipinski definition) is 3. The minimum atomic E-state index is -0.642. The Morgan fingerprint density at radius 1 is 0.921 bits per heavy atom. The maximum atomic E-state index is 13.8. The number of amides is 2. The summed E-state index contributed by atoms with van der Waals surface area (Å²) in [4.78, 5) is 29.3. The molecule has 1 N–H and O–H groups in total. The number of ether oxygens (including phenoxy) is 1. The Kier molecular flexibility index (Phi) is 9.58. The Morgan fingerprint density at radius 2 is 1.58 bits per heavy atom. The minimum absolute atomic E-state index is 0.0935. The molecule has 38 heavy (non-hydrogen) atoms. The summed E-state index contributed by atoms with van der Waals surface area (Å²) < 4.78 is 5.94. The van der Waals surface area contributed by atoms with Gasteiger partial charge in [0, 0.05) is 19.0 Å². The zero-order valence-electron chi connectivity index (χ0n) is 22.9. The number of hydrogen-bond donors (Lipinski definition) is 1. The van der Waals surface area contributed by atoms with Crippen LogP contribution in [0.5, 0.6) is 5.75 Å². The highest BCUT2D eigenvalue weighted by atomic mass is 16.5. The van der Waals surface area contributed by atoms with Crippen LogP contribution in [-0.4, -0.2) is 35.4 Å². The van der Waals surface area contributed by atoms with Gasteiger partial charge in [0.2, 0.25) is 5.91 Å². The summed E-state index contributed by atoms with van der Waals surface area (Å²) in [6.45, 7) is 6.54. The molecule has 1 fully saturated rings. The van der Waals surface area contributed by atoms with Crippen molar-refractivity contribution >= 4 is 11.8 Å². The number of rotatable bonds is 11. The Morgan fingerprint density at radius 3 is 2.24 bits per heavy atom. The lowest BCUT2D eigenvalue weighted by atomic mass is 10.0. The first kappa shape index (κ1) is 27.4. The van der Waals surface area contributed by atoms with Gasteiger partial charge in [0.1, 0.15) is 11.8 Å². The van der Waals surface area contributed by atoms with E-state index in [1.807, 2.05) is 85.8 Å². The zero-order valence-corrected chi connectivity index (χ0v) is 22.9. The summed E-state index contributed by atoms with van der Waals surface area (Å²) in [5.41, 5.74) is 4.35. The van der Waals surface area contributed by atoms with Crippen molar-refractivity contribution in [1.82, 2.24) is 10.2 Å². The van der Waals surface area contributed by atoms with Crippen molar-refractivity contribution in [3.8, 4) is 5.75 Å². The van der Waals surface area contributed by atoms with E-state index in [0.29, 0.717) is 24.6 Å². The van der Waals surface area contributed by atoms with Gasteiger partial charge < -0.3 is 15.0 Å². The van der Waals surface area contributed by atoms with Crippen molar-refractivity contribution in [2.75, 3.05) is 6.61 Å². The number of nitrogens with one attached hydrogen (secondary N) is 1. The van der Waals surface area contributed by atoms with Crippen molar-refractivity contribution in [3.05, 3.63) is 101 Å². The fourth-order valence-electron chi connectivity index (χ4n) is 5.07. The van der Waals surface area contributed by atoms with E-state index >= 15 is 0 Å². The van der Waals surface area contributed by atoms with E-state index in [4.69, 9.17) is 4.74 Å². The van der Waals surface area contributed by atoms with Crippen LogP contribution in [0.1, 0.15) is 67.7 Å². The fraction of sp³-hybridized carbons (Fsp3) is 0.394. The molecule has 5 heteroatoms. The number of carbonyl (C=O) groups excluding carboxylic acids is 2. The molecule has 0 spiro atoms. The van der Waals surface area contributed by atoms with Gasteiger partial charge in [-0.25, -0.2) is 0 Å². The molecule has 1 aliphatic carbocycles. The number of benzene rings is 3. The summed E-state index contributed by atoms with van der Waals surface area (Å²) in [7, 11) is 0. The second kappa shape index (κ2) is 13.3. The molecule has 2 amide bonds. The second-order valence-electron chi connectivity index (χ2n) is 10.7. The van der Waals surface area contributed by atoms with E-state index in [0.717, 1.165) is 42.4 Å². The lowest BCUT2D eigenvalue weighted by molar-refractivity contribution is -0.143. The average Bonchev–Trinajstić information content (AvgIpc) is 3.44. The van der Waals surface area contributed by atoms with E-state index in [1.165, 1.54) is 5.56 Å². The fourth-order valence-corrected chi connectivity index (χ4v) is 5.07. The van der Waals surface area contributed by atoms with E-state index in [9.17, 15) is 9.59 Å². The first-order valence-corrected chi connectivity index (χ1v) is 13.8. The minimum Gasteiger partial charge on any atom is -0.484 e. The van der Waals surface area contributed by atoms with E-state index in [1.54, 1.807) is 4.90 Å². The van der Waals surface area contributed by atoms with Crippen LogP contribution in [0.4, 0.5) is 0 Å². The van der Waals surface area contributed by atoms with Crippen molar-refractivity contribution in [2.24, 2.45) is 0 Å². The summed E-state index contributed by atoms with van der Waals surface area (Å²) in [6.07, 6.45) is 4.68. The Balaban J connectivity index is 1.59. The second-order valence-corrected chi connectivity index (χ2v) is 10.7. The number of aryl methyl sites for hydroxylation is 1. The maximum Gasteiger partial charge on any atom is 0.261 e. The van der Waals surface area contributed by atoms with Crippen LogP contribution in [0.15, 0.2) is 78.9 Å². The van der Waals surface area contributed by atoms with E-state index < -0.39 is 6.04 Å². The molecule has 0 bridgehead atoms. The van der Waals surface area contributed by atoms with E-state index in [-0.39, 0.29) is 24.5 Å². The van der Waals surface area contributed by atoms with Crippen LogP contribution >= 0.6 is 0 Å². The lowest BCUT2D eigenvalue weighted by Gasteiger charge is -2.32. The quantitative estimate of drug-likeness (QED) is 0.333. The molecule has 1 aliphatic rings. The molecular weight excluding hydrogens is 472 g/mol. The van der Waals surface area contributed by atoms with Gasteiger partial charge in [-0.1, -0.05) is 93.4 Å². The summed E-state index contributed by atoms with van der Waals surface area (Å²) in [6, 6.07) is 25.4. The molecule has 3 aromatic carbocycles. The first-order valence-electron chi connectivity index (χ1n) is 13.8. The van der Waals surface area contributed by atoms with Crippen molar-refractivity contribution < 1.29 is 14.3 Å². The molecule has 0 aromatic heterocycles. The molecule has 3 aromatic rings. The standard InChI is InChI=1S/C33H40N2O3/c1-24(2)27-17-19-30(20-18-27)38-23-32(36)35(22-28-14-8-7-11-25(28)3)31(21-26-12-5-4-6-13-26)33(37)34-29-15-9-10-16-29/h4-8,11-14,17-20,24,29,31H,9-10,15-16,21-23H2,1-3H3,(H,34,37)/t31-/m1/s1. The van der Waals surface area contributed by atoms with Crippen LogP contribution in [0, 0.1) is 6.92 Å². The highest BCUT2D eigenvalue weighted by molar-refractivity contribution is 5.88. The summed E-state index contributed by atoms with van der Waals surface area (Å²) in [5, 5.41) is 3.25. The summed E-state index contributed by atoms with van der Waals surface area (Å²) in [5.74, 6) is 0.772.